The molecule has 0 aromatic heterocycles. The Bertz CT molecular complexity index is 761. The van der Waals surface area contributed by atoms with Crippen molar-refractivity contribution in [1.29, 1.82) is 0 Å². The van der Waals surface area contributed by atoms with Crippen molar-refractivity contribution in [2.45, 2.75) is 78.1 Å². The molecule has 0 saturated carbocycles. The Morgan fingerprint density at radius 3 is 1.50 bits per heavy atom. The van der Waals surface area contributed by atoms with Crippen molar-refractivity contribution in [2.75, 3.05) is 0 Å². The van der Waals surface area contributed by atoms with E-state index in [1.165, 1.54) is 96.9 Å². The number of hydrogen-bond donors (Lipinski definition) is 0. The van der Waals surface area contributed by atoms with Crippen molar-refractivity contribution in [2.24, 2.45) is 0 Å². The van der Waals surface area contributed by atoms with E-state index in [0.717, 1.165) is 0 Å². The number of unbranched alkanes of at least 4 members (excludes halogenated alkanes) is 6. The van der Waals surface area contributed by atoms with Gasteiger partial charge < -0.3 is 0 Å². The molecule has 3 aromatic rings. The highest BCUT2D eigenvalue weighted by atomic mass is 14.1. The lowest BCUT2D eigenvalue weighted by molar-refractivity contribution is 0.668. The van der Waals surface area contributed by atoms with Crippen LogP contribution < -0.4 is 0 Å². The van der Waals surface area contributed by atoms with Crippen LogP contribution in [0.1, 0.15) is 76.3 Å². The molecule has 138 valence electrons. The molecule has 26 heavy (non-hydrogen) atoms. The molecule has 0 N–H and O–H groups in total. The van der Waals surface area contributed by atoms with Gasteiger partial charge in [0.1, 0.15) is 0 Å². The minimum atomic E-state index is 1.21. The lowest BCUT2D eigenvalue weighted by Gasteiger charge is -2.11. The van der Waals surface area contributed by atoms with Crippen molar-refractivity contribution in [3.05, 3.63) is 59.7 Å². The lowest BCUT2D eigenvalue weighted by Crippen LogP contribution is -1.91. The summed E-state index contributed by atoms with van der Waals surface area (Å²) >= 11 is 0. The molecule has 0 unspecified atom stereocenters. The largest absolute Gasteiger partial charge is 0.0654 e. The van der Waals surface area contributed by atoms with E-state index in [0.29, 0.717) is 0 Å². The maximum Gasteiger partial charge on any atom is -0.0145 e. The van der Waals surface area contributed by atoms with Crippen LogP contribution in [-0.2, 0) is 12.8 Å². The van der Waals surface area contributed by atoms with E-state index >= 15 is 0 Å². The van der Waals surface area contributed by atoms with E-state index in [2.05, 4.69) is 62.4 Å². The quantitative estimate of drug-likeness (QED) is 0.256. The van der Waals surface area contributed by atoms with Gasteiger partial charge in [0.25, 0.3) is 0 Å². The van der Waals surface area contributed by atoms with Crippen LogP contribution in [0, 0.1) is 0 Å². The highest BCUT2D eigenvalue weighted by Crippen LogP contribution is 2.29. The first-order chi connectivity index (χ1) is 12.8. The van der Waals surface area contributed by atoms with Gasteiger partial charge in [-0.05, 0) is 70.5 Å². The Labute approximate surface area is 159 Å². The zero-order chi connectivity index (χ0) is 18.2. The van der Waals surface area contributed by atoms with Gasteiger partial charge >= 0.3 is 0 Å². The topological polar surface area (TPSA) is 0 Å². The van der Waals surface area contributed by atoms with E-state index in [4.69, 9.17) is 0 Å². The number of hydrogen-bond acceptors (Lipinski definition) is 0. The molecule has 0 fully saturated rings. The van der Waals surface area contributed by atoms with Crippen molar-refractivity contribution < 1.29 is 0 Å². The molecule has 0 heterocycles. The second kappa shape index (κ2) is 9.76. The number of benzene rings is 3. The molecule has 0 aliphatic heterocycles. The first-order valence-corrected chi connectivity index (χ1v) is 10.8. The predicted octanol–water partition coefficient (Wildman–Crippen LogP) is 8.24. The highest BCUT2D eigenvalue weighted by molar-refractivity contribution is 6.00. The normalized spacial score (nSPS) is 11.5. The average molecular weight is 347 g/mol. The summed E-state index contributed by atoms with van der Waals surface area (Å²) in [6.45, 7) is 4.57. The summed E-state index contributed by atoms with van der Waals surface area (Å²) in [4.78, 5) is 0. The van der Waals surface area contributed by atoms with Gasteiger partial charge in [0.05, 0.1) is 0 Å². The fourth-order valence-electron chi connectivity index (χ4n) is 4.10. The molecule has 0 radical (unpaired) electrons. The molecule has 0 nitrogen and oxygen atoms in total. The van der Waals surface area contributed by atoms with Gasteiger partial charge in [-0.2, -0.15) is 0 Å². The van der Waals surface area contributed by atoms with Gasteiger partial charge in [-0.3, -0.25) is 0 Å². The van der Waals surface area contributed by atoms with Crippen LogP contribution in [-0.4, -0.2) is 0 Å². The second-order valence-corrected chi connectivity index (χ2v) is 7.75. The van der Waals surface area contributed by atoms with Crippen molar-refractivity contribution >= 4 is 21.5 Å². The molecule has 0 heteroatoms. The van der Waals surface area contributed by atoms with Crippen molar-refractivity contribution in [3.8, 4) is 0 Å². The molecular weight excluding hydrogens is 312 g/mol. The summed E-state index contributed by atoms with van der Waals surface area (Å²) in [5.41, 5.74) is 3.06. The summed E-state index contributed by atoms with van der Waals surface area (Å²) in [5.74, 6) is 0. The van der Waals surface area contributed by atoms with E-state index < -0.39 is 0 Å². The molecule has 0 saturated heterocycles. The van der Waals surface area contributed by atoms with Crippen LogP contribution in [0.25, 0.3) is 21.5 Å². The molecule has 0 amide bonds. The van der Waals surface area contributed by atoms with Crippen molar-refractivity contribution in [3.63, 3.8) is 0 Å². The third-order valence-electron chi connectivity index (χ3n) is 5.66. The minimum absolute atomic E-state index is 1.21. The summed E-state index contributed by atoms with van der Waals surface area (Å²) in [6.07, 6.45) is 13.1. The molecular formula is C26H34. The van der Waals surface area contributed by atoms with Gasteiger partial charge in [0.2, 0.25) is 0 Å². The third-order valence-corrected chi connectivity index (χ3v) is 5.66. The van der Waals surface area contributed by atoms with Crippen LogP contribution >= 0.6 is 0 Å². The van der Waals surface area contributed by atoms with Crippen LogP contribution in [0.4, 0.5) is 0 Å². The Balaban J connectivity index is 1.90. The Morgan fingerprint density at radius 2 is 1.04 bits per heavy atom. The molecule has 0 atom stereocenters. The highest BCUT2D eigenvalue weighted by Gasteiger charge is 2.06. The SMILES string of the molecule is CCCCCCc1cccc2cc3cccc(CCCCCC)c3cc12. The second-order valence-electron chi connectivity index (χ2n) is 7.75. The number of fused-ring (bicyclic) bond motifs is 2. The van der Waals surface area contributed by atoms with Gasteiger partial charge in [-0.25, -0.2) is 0 Å². The summed E-state index contributed by atoms with van der Waals surface area (Å²) in [7, 11) is 0. The molecule has 3 rings (SSSR count). The Hall–Kier alpha value is -1.82. The van der Waals surface area contributed by atoms with E-state index in [-0.39, 0.29) is 0 Å². The summed E-state index contributed by atoms with van der Waals surface area (Å²) in [5, 5.41) is 5.73. The van der Waals surface area contributed by atoms with Gasteiger partial charge in [-0.15, -0.1) is 0 Å². The van der Waals surface area contributed by atoms with E-state index in [9.17, 15) is 0 Å². The first kappa shape index (κ1) is 19.0. The van der Waals surface area contributed by atoms with Crippen LogP contribution in [0.2, 0.25) is 0 Å². The van der Waals surface area contributed by atoms with Crippen LogP contribution in [0.3, 0.4) is 0 Å². The van der Waals surface area contributed by atoms with E-state index in [1.54, 1.807) is 0 Å². The van der Waals surface area contributed by atoms with Gasteiger partial charge in [0.15, 0.2) is 0 Å². The predicted molar refractivity (Wildman–Crippen MR) is 117 cm³/mol. The monoisotopic (exact) mass is 346 g/mol. The molecule has 3 aromatic carbocycles. The van der Waals surface area contributed by atoms with Crippen molar-refractivity contribution in [1.82, 2.24) is 0 Å². The zero-order valence-electron chi connectivity index (χ0n) is 16.7. The smallest absolute Gasteiger partial charge is 0.0145 e. The third kappa shape index (κ3) is 4.67. The summed E-state index contributed by atoms with van der Waals surface area (Å²) in [6, 6.07) is 18.6. The fraction of sp³-hybridized carbons (Fsp3) is 0.462. The minimum Gasteiger partial charge on any atom is -0.0654 e. The standard InChI is InChI=1S/C26H34/c1-3-5-7-9-13-21-15-11-17-23-19-24-18-12-16-22(14-10-8-6-4-2)26(24)20-25(21)23/h11-12,15-20H,3-10,13-14H2,1-2H3. The molecule has 0 aliphatic carbocycles. The van der Waals surface area contributed by atoms with Gasteiger partial charge in [0, 0.05) is 0 Å². The molecule has 0 spiro atoms. The first-order valence-electron chi connectivity index (χ1n) is 10.8. The zero-order valence-corrected chi connectivity index (χ0v) is 16.7. The van der Waals surface area contributed by atoms with Crippen LogP contribution in [0.15, 0.2) is 48.5 Å². The maximum atomic E-state index is 2.48. The lowest BCUT2D eigenvalue weighted by atomic mass is 9.93. The molecule has 0 aliphatic rings. The Kier molecular flexibility index (Phi) is 7.12. The van der Waals surface area contributed by atoms with E-state index in [1.807, 2.05) is 0 Å². The number of aryl methyl sites for hydroxylation is 2. The average Bonchev–Trinajstić information content (AvgIpc) is 2.67. The molecule has 0 bridgehead atoms. The maximum absolute atomic E-state index is 2.48. The van der Waals surface area contributed by atoms with Crippen LogP contribution in [0.5, 0.6) is 0 Å². The summed E-state index contributed by atoms with van der Waals surface area (Å²) < 4.78 is 0. The van der Waals surface area contributed by atoms with Gasteiger partial charge in [-0.1, -0.05) is 88.8 Å². The Morgan fingerprint density at radius 1 is 0.538 bits per heavy atom. The fourth-order valence-corrected chi connectivity index (χ4v) is 4.10. The number of rotatable bonds is 10.